The molecule has 0 radical (unpaired) electrons. The van der Waals surface area contributed by atoms with E-state index in [2.05, 4.69) is 10.3 Å². The van der Waals surface area contributed by atoms with E-state index in [1.165, 1.54) is 19.2 Å². The summed E-state index contributed by atoms with van der Waals surface area (Å²) in [6, 6.07) is 17.7. The molecule has 0 aliphatic carbocycles. The number of aliphatic hydroxyl groups excluding tert-OH is 1. The molecule has 2 fully saturated rings. The number of anilines is 1. The molecule has 2 saturated heterocycles. The number of halogens is 1. The Balaban J connectivity index is 1.13. The maximum absolute atomic E-state index is 13.2. The third kappa shape index (κ3) is 8.36. The van der Waals surface area contributed by atoms with Crippen molar-refractivity contribution in [2.24, 2.45) is 0 Å². The molecule has 2 aromatic carbocycles. The molecule has 14 nitrogen and oxygen atoms in total. The Morgan fingerprint density at radius 1 is 1.20 bits per heavy atom. The number of phosphoric ester groups is 1. The average molecular weight is 666 g/mol. The van der Waals surface area contributed by atoms with Crippen LogP contribution in [0.2, 0.25) is 5.02 Å². The van der Waals surface area contributed by atoms with Gasteiger partial charge in [0.25, 0.3) is 0 Å². The smallest absolute Gasteiger partial charge is 0.447 e. The van der Waals surface area contributed by atoms with Gasteiger partial charge in [-0.2, -0.15) is 4.98 Å². The summed E-state index contributed by atoms with van der Waals surface area (Å²) < 4.78 is 46.8. The molecule has 16 heteroatoms. The highest BCUT2D eigenvalue weighted by Gasteiger charge is 2.54. The summed E-state index contributed by atoms with van der Waals surface area (Å²) in [5, 5.41) is 24.7. The molecule has 242 valence electrons. The molecule has 3 heterocycles. The van der Waals surface area contributed by atoms with E-state index >= 15 is 0 Å². The van der Waals surface area contributed by atoms with Crippen molar-refractivity contribution in [2.75, 3.05) is 31.7 Å². The molecule has 5 rings (SSSR count). The first-order valence-corrected chi connectivity index (χ1v) is 15.9. The fraction of sp³-hybridized carbons (Fsp3) is 0.414. The van der Waals surface area contributed by atoms with Crippen LogP contribution in [-0.2, 0) is 39.0 Å². The van der Waals surface area contributed by atoms with Gasteiger partial charge in [0.1, 0.15) is 30.2 Å². The fourth-order valence-corrected chi connectivity index (χ4v) is 6.41. The predicted molar refractivity (Wildman–Crippen MR) is 160 cm³/mol. The first-order chi connectivity index (χ1) is 21.5. The lowest BCUT2D eigenvalue weighted by Gasteiger charge is -2.30. The molecule has 0 bridgehead atoms. The minimum atomic E-state index is -4.08. The normalized spacial score (nSPS) is 28.1. The molecular formula is C29H33ClN3O11P. The molecule has 1 unspecified atom stereocenters. The van der Waals surface area contributed by atoms with E-state index in [-0.39, 0.29) is 25.6 Å². The third-order valence-electron chi connectivity index (χ3n) is 7.14. The zero-order valence-electron chi connectivity index (χ0n) is 24.2. The van der Waals surface area contributed by atoms with Gasteiger partial charge in [0.2, 0.25) is 0 Å². The number of aliphatic hydroxyl groups is 2. The molecule has 3 N–H and O–H groups in total. The van der Waals surface area contributed by atoms with E-state index < -0.39 is 56.4 Å². The molecule has 0 saturated carbocycles. The quantitative estimate of drug-likeness (QED) is 0.199. The minimum Gasteiger partial charge on any atom is -0.447 e. The van der Waals surface area contributed by atoms with Crippen LogP contribution in [0, 0.1) is 0 Å². The van der Waals surface area contributed by atoms with Crippen LogP contribution in [0.1, 0.15) is 36.8 Å². The molecule has 6 atom stereocenters. The van der Waals surface area contributed by atoms with Crippen molar-refractivity contribution in [1.29, 1.82) is 0 Å². The van der Waals surface area contributed by atoms with Crippen LogP contribution >= 0.6 is 19.4 Å². The largest absolute Gasteiger partial charge is 0.475 e. The number of amides is 1. The summed E-state index contributed by atoms with van der Waals surface area (Å²) in [6.45, 7) is 1.36. The van der Waals surface area contributed by atoms with Crippen LogP contribution in [0.4, 0.5) is 10.6 Å². The number of hydrogen-bond acceptors (Lipinski definition) is 12. The van der Waals surface area contributed by atoms with E-state index in [9.17, 15) is 24.4 Å². The fourth-order valence-electron chi connectivity index (χ4n) is 4.81. The highest BCUT2D eigenvalue weighted by Crippen LogP contribution is 2.57. The van der Waals surface area contributed by atoms with Crippen LogP contribution < -0.4 is 11.0 Å². The standard InChI is InChI=1S/C29H33ClN3O11P/c1-29(37)25(34)23(18-42-45(38)41-13-11-22(44-45)20-8-5-9-21(30)16-20)43-26(29)33-12-10-24(31-27(33)35)32-28(36)40-15-14-39-17-19-6-3-2-4-7-19/h2-10,12,16,22-23,25-26,34,37H,11,13-15,17-18H2,1H3,(H,31,32,35,36)/t22-,23+,25+,26+,29+,45?/m0/s1. The Labute approximate surface area is 263 Å². The SMILES string of the molecule is C[C@@]1(O)[C@H](O)[C@@H](COP2(=O)OCC[C@@H](c3cccc(Cl)c3)O2)O[C@H]1n1ccc(NC(=O)OCCOCc2ccccc2)nc1=O. The monoisotopic (exact) mass is 665 g/mol. The van der Waals surface area contributed by atoms with Gasteiger partial charge in [0, 0.05) is 17.6 Å². The summed E-state index contributed by atoms with van der Waals surface area (Å²) in [6.07, 6.45) is -4.00. The van der Waals surface area contributed by atoms with Crippen LogP contribution in [0.25, 0.3) is 0 Å². The van der Waals surface area contributed by atoms with Gasteiger partial charge < -0.3 is 24.4 Å². The Morgan fingerprint density at radius 2 is 2.00 bits per heavy atom. The van der Waals surface area contributed by atoms with Gasteiger partial charge in [-0.3, -0.25) is 23.5 Å². The van der Waals surface area contributed by atoms with Crippen molar-refractivity contribution in [3.63, 3.8) is 0 Å². The Bertz CT molecular complexity index is 1570. The van der Waals surface area contributed by atoms with Crippen molar-refractivity contribution in [1.82, 2.24) is 9.55 Å². The van der Waals surface area contributed by atoms with E-state index in [0.29, 0.717) is 23.6 Å². The molecule has 2 aliphatic rings. The molecule has 1 aromatic heterocycles. The highest BCUT2D eigenvalue weighted by atomic mass is 35.5. The topological polar surface area (TPSA) is 177 Å². The maximum Gasteiger partial charge on any atom is 0.475 e. The first-order valence-electron chi connectivity index (χ1n) is 14.1. The number of benzene rings is 2. The van der Waals surface area contributed by atoms with Crippen molar-refractivity contribution >= 4 is 31.3 Å². The van der Waals surface area contributed by atoms with E-state index in [1.54, 1.807) is 24.3 Å². The second-order valence-electron chi connectivity index (χ2n) is 10.5. The van der Waals surface area contributed by atoms with Crippen molar-refractivity contribution in [3.8, 4) is 0 Å². The number of aromatic nitrogens is 2. The number of nitrogens with zero attached hydrogens (tertiary/aromatic N) is 2. The number of phosphoric acid groups is 1. The van der Waals surface area contributed by atoms with Crippen LogP contribution in [0.3, 0.4) is 0 Å². The lowest BCUT2D eigenvalue weighted by Crippen LogP contribution is -2.46. The molecule has 45 heavy (non-hydrogen) atoms. The zero-order valence-corrected chi connectivity index (χ0v) is 25.8. The van der Waals surface area contributed by atoms with Gasteiger partial charge in [-0.25, -0.2) is 14.2 Å². The van der Waals surface area contributed by atoms with Crippen molar-refractivity contribution in [3.05, 3.63) is 93.5 Å². The summed E-state index contributed by atoms with van der Waals surface area (Å²) in [4.78, 5) is 28.8. The van der Waals surface area contributed by atoms with Crippen LogP contribution in [0.5, 0.6) is 0 Å². The van der Waals surface area contributed by atoms with Gasteiger partial charge in [-0.05, 0) is 36.2 Å². The lowest BCUT2D eigenvalue weighted by molar-refractivity contribution is -0.0989. The number of carbonyl (C=O) groups is 1. The first kappa shape index (κ1) is 33.2. The number of hydrogen-bond donors (Lipinski definition) is 3. The summed E-state index contributed by atoms with van der Waals surface area (Å²) in [7, 11) is -4.08. The van der Waals surface area contributed by atoms with E-state index in [4.69, 9.17) is 39.4 Å². The third-order valence-corrected chi connectivity index (χ3v) is 8.85. The maximum atomic E-state index is 13.2. The second kappa shape index (κ2) is 14.5. The molecular weight excluding hydrogens is 633 g/mol. The van der Waals surface area contributed by atoms with Gasteiger partial charge in [0.15, 0.2) is 6.23 Å². The van der Waals surface area contributed by atoms with Gasteiger partial charge in [0.05, 0.1) is 32.5 Å². The van der Waals surface area contributed by atoms with Gasteiger partial charge in [-0.1, -0.05) is 54.1 Å². The number of nitrogens with one attached hydrogen (secondary N) is 1. The van der Waals surface area contributed by atoms with E-state index in [0.717, 1.165) is 10.1 Å². The predicted octanol–water partition coefficient (Wildman–Crippen LogP) is 3.97. The van der Waals surface area contributed by atoms with Gasteiger partial charge in [-0.15, -0.1) is 0 Å². The Hall–Kier alpha value is -3.17. The molecule has 2 aliphatic heterocycles. The second-order valence-corrected chi connectivity index (χ2v) is 12.6. The highest BCUT2D eigenvalue weighted by molar-refractivity contribution is 7.48. The Kier molecular flexibility index (Phi) is 10.7. The van der Waals surface area contributed by atoms with Crippen molar-refractivity contribution < 1.29 is 47.4 Å². The summed E-state index contributed by atoms with van der Waals surface area (Å²) >= 11 is 6.06. The summed E-state index contributed by atoms with van der Waals surface area (Å²) in [5.41, 5.74) is -1.21. The number of carbonyl (C=O) groups excluding carboxylic acids is 1. The zero-order chi connectivity index (χ0) is 32.0. The summed E-state index contributed by atoms with van der Waals surface area (Å²) in [5.74, 6) is -0.108. The number of rotatable bonds is 11. The van der Waals surface area contributed by atoms with E-state index in [1.807, 2.05) is 30.3 Å². The van der Waals surface area contributed by atoms with Crippen molar-refractivity contribution in [2.45, 2.75) is 50.1 Å². The molecule has 3 aromatic rings. The molecule has 1 amide bonds. The average Bonchev–Trinajstić information content (AvgIpc) is 3.24. The number of ether oxygens (including phenoxy) is 3. The van der Waals surface area contributed by atoms with Crippen LogP contribution in [0.15, 0.2) is 71.7 Å². The van der Waals surface area contributed by atoms with Crippen LogP contribution in [-0.4, -0.2) is 70.1 Å². The Morgan fingerprint density at radius 3 is 2.76 bits per heavy atom. The van der Waals surface area contributed by atoms with Gasteiger partial charge >= 0.3 is 19.6 Å². The molecule has 0 spiro atoms. The lowest BCUT2D eigenvalue weighted by atomic mass is 9.96. The minimum absolute atomic E-state index is 0.0276.